The molecule has 0 spiro atoms. The van der Waals surface area contributed by atoms with Gasteiger partial charge in [0.1, 0.15) is 12.0 Å². The van der Waals surface area contributed by atoms with Crippen molar-refractivity contribution in [2.75, 3.05) is 5.75 Å². The Balaban J connectivity index is 2.07. The summed E-state index contributed by atoms with van der Waals surface area (Å²) < 4.78 is 0. The van der Waals surface area contributed by atoms with Crippen molar-refractivity contribution in [3.8, 4) is 0 Å². The van der Waals surface area contributed by atoms with Gasteiger partial charge < -0.3 is 4.98 Å². The van der Waals surface area contributed by atoms with Crippen molar-refractivity contribution in [2.24, 2.45) is 0 Å². The maximum absolute atomic E-state index is 4.19. The van der Waals surface area contributed by atoms with Crippen LogP contribution in [0.3, 0.4) is 0 Å². The van der Waals surface area contributed by atoms with E-state index in [9.17, 15) is 0 Å². The van der Waals surface area contributed by atoms with Crippen LogP contribution in [-0.2, 0) is 0 Å². The van der Waals surface area contributed by atoms with Gasteiger partial charge >= 0.3 is 0 Å². The van der Waals surface area contributed by atoms with E-state index in [-0.39, 0.29) is 0 Å². The normalized spacial score (nSPS) is 16.7. The van der Waals surface area contributed by atoms with Crippen molar-refractivity contribution < 1.29 is 0 Å². The molecule has 0 saturated carbocycles. The number of fused-ring (bicyclic) bond motifs is 1. The average molecular weight is 217 g/mol. The first kappa shape index (κ1) is 8.97. The summed E-state index contributed by atoms with van der Waals surface area (Å²) in [6.07, 6.45) is 8.19. The third-order valence-corrected chi connectivity index (χ3v) is 3.69. The average Bonchev–Trinajstić information content (AvgIpc) is 2.74. The summed E-state index contributed by atoms with van der Waals surface area (Å²) >= 11 is 1.91. The van der Waals surface area contributed by atoms with Crippen LogP contribution in [0.1, 0.15) is 18.5 Å². The second kappa shape index (κ2) is 3.70. The molecule has 76 valence electrons. The van der Waals surface area contributed by atoms with Gasteiger partial charge in [0.2, 0.25) is 0 Å². The fourth-order valence-corrected chi connectivity index (χ4v) is 2.78. The third kappa shape index (κ3) is 1.65. The van der Waals surface area contributed by atoms with Crippen LogP contribution in [-0.4, -0.2) is 20.7 Å². The first-order valence-corrected chi connectivity index (χ1v) is 6.04. The van der Waals surface area contributed by atoms with Crippen molar-refractivity contribution in [1.29, 1.82) is 0 Å². The van der Waals surface area contributed by atoms with E-state index in [2.05, 4.69) is 27.1 Å². The molecule has 15 heavy (non-hydrogen) atoms. The van der Waals surface area contributed by atoms with Crippen LogP contribution in [0.5, 0.6) is 0 Å². The van der Waals surface area contributed by atoms with E-state index in [4.69, 9.17) is 0 Å². The van der Waals surface area contributed by atoms with Gasteiger partial charge in [-0.25, -0.2) is 9.97 Å². The van der Waals surface area contributed by atoms with Crippen LogP contribution >= 0.6 is 11.8 Å². The number of nitrogens with one attached hydrogen (secondary N) is 1. The number of aromatic nitrogens is 3. The van der Waals surface area contributed by atoms with Gasteiger partial charge in [0, 0.05) is 16.5 Å². The third-order valence-electron chi connectivity index (χ3n) is 2.49. The molecular weight excluding hydrogens is 206 g/mol. The maximum atomic E-state index is 4.19. The number of hydrogen-bond donors (Lipinski definition) is 1. The Labute approximate surface area is 92.0 Å². The Kier molecular flexibility index (Phi) is 2.21. The second-order valence-corrected chi connectivity index (χ2v) is 4.71. The number of allylic oxidation sites excluding steroid dienone is 1. The van der Waals surface area contributed by atoms with Gasteiger partial charge in [0.05, 0.1) is 5.69 Å². The quantitative estimate of drug-likeness (QED) is 0.798. The molecule has 0 saturated heterocycles. The van der Waals surface area contributed by atoms with E-state index in [1.165, 1.54) is 29.2 Å². The van der Waals surface area contributed by atoms with E-state index >= 15 is 0 Å². The van der Waals surface area contributed by atoms with Gasteiger partial charge in [0.25, 0.3) is 0 Å². The SMILES string of the molecule is C1=C(c2cc3cncnc3[nH]2)SCCC1. The van der Waals surface area contributed by atoms with Crippen molar-refractivity contribution in [1.82, 2.24) is 15.0 Å². The molecule has 0 fully saturated rings. The Morgan fingerprint density at radius 1 is 1.40 bits per heavy atom. The molecular formula is C11H11N3S. The highest BCUT2D eigenvalue weighted by molar-refractivity contribution is 8.08. The Morgan fingerprint density at radius 3 is 3.20 bits per heavy atom. The molecule has 3 heterocycles. The van der Waals surface area contributed by atoms with Gasteiger partial charge in [0.15, 0.2) is 0 Å². The summed E-state index contributed by atoms with van der Waals surface area (Å²) in [5.41, 5.74) is 2.10. The fraction of sp³-hybridized carbons (Fsp3) is 0.273. The van der Waals surface area contributed by atoms with Gasteiger partial charge in [-0.3, -0.25) is 0 Å². The van der Waals surface area contributed by atoms with Crippen LogP contribution in [0.4, 0.5) is 0 Å². The molecule has 0 bridgehead atoms. The smallest absolute Gasteiger partial charge is 0.141 e. The molecule has 1 aliphatic heterocycles. The predicted octanol–water partition coefficient (Wildman–Crippen LogP) is 2.83. The first-order valence-electron chi connectivity index (χ1n) is 5.05. The zero-order valence-corrected chi connectivity index (χ0v) is 9.05. The second-order valence-electron chi connectivity index (χ2n) is 3.57. The van der Waals surface area contributed by atoms with Crippen LogP contribution in [0.2, 0.25) is 0 Å². The van der Waals surface area contributed by atoms with E-state index in [1.54, 1.807) is 6.33 Å². The van der Waals surface area contributed by atoms with Gasteiger partial charge in [-0.05, 0) is 24.7 Å². The van der Waals surface area contributed by atoms with Gasteiger partial charge in [-0.1, -0.05) is 6.08 Å². The Hall–Kier alpha value is -1.29. The molecule has 1 aliphatic rings. The van der Waals surface area contributed by atoms with E-state index in [0.717, 1.165) is 11.0 Å². The number of H-pyrrole nitrogens is 1. The summed E-state index contributed by atoms with van der Waals surface area (Å²) in [6.45, 7) is 0. The minimum absolute atomic E-state index is 0.923. The predicted molar refractivity (Wildman–Crippen MR) is 63.6 cm³/mol. The van der Waals surface area contributed by atoms with Crippen molar-refractivity contribution >= 4 is 27.7 Å². The molecule has 0 aromatic carbocycles. The van der Waals surface area contributed by atoms with E-state index in [0.29, 0.717) is 0 Å². The molecule has 0 radical (unpaired) electrons. The minimum atomic E-state index is 0.923. The lowest BCUT2D eigenvalue weighted by Crippen LogP contribution is -1.89. The summed E-state index contributed by atoms with van der Waals surface area (Å²) in [5.74, 6) is 1.22. The first-order chi connectivity index (χ1) is 7.43. The summed E-state index contributed by atoms with van der Waals surface area (Å²) in [5, 5.41) is 1.08. The largest absolute Gasteiger partial charge is 0.339 e. The number of hydrogen-bond acceptors (Lipinski definition) is 3. The van der Waals surface area contributed by atoms with Crippen LogP contribution in [0, 0.1) is 0 Å². The summed E-state index contributed by atoms with van der Waals surface area (Å²) in [7, 11) is 0. The molecule has 0 unspecified atom stereocenters. The number of thioether (sulfide) groups is 1. The molecule has 3 nitrogen and oxygen atoms in total. The maximum Gasteiger partial charge on any atom is 0.141 e. The zero-order chi connectivity index (χ0) is 10.1. The molecule has 4 heteroatoms. The topological polar surface area (TPSA) is 41.6 Å². The number of rotatable bonds is 1. The molecule has 0 amide bonds. The molecule has 2 aromatic rings. The highest BCUT2D eigenvalue weighted by Gasteiger charge is 2.09. The molecule has 0 aliphatic carbocycles. The lowest BCUT2D eigenvalue weighted by atomic mass is 10.2. The molecule has 0 atom stereocenters. The summed E-state index contributed by atoms with van der Waals surface area (Å²) in [6, 6.07) is 2.12. The highest BCUT2D eigenvalue weighted by atomic mass is 32.2. The highest BCUT2D eigenvalue weighted by Crippen LogP contribution is 2.33. The van der Waals surface area contributed by atoms with Crippen molar-refractivity contribution in [3.63, 3.8) is 0 Å². The summed E-state index contributed by atoms with van der Waals surface area (Å²) in [4.78, 5) is 12.9. The molecule has 2 aromatic heterocycles. The van der Waals surface area contributed by atoms with E-state index < -0.39 is 0 Å². The van der Waals surface area contributed by atoms with Crippen LogP contribution < -0.4 is 0 Å². The number of aromatic amines is 1. The molecule has 1 N–H and O–H groups in total. The van der Waals surface area contributed by atoms with Crippen LogP contribution in [0.15, 0.2) is 24.7 Å². The van der Waals surface area contributed by atoms with E-state index in [1.807, 2.05) is 18.0 Å². The zero-order valence-electron chi connectivity index (χ0n) is 8.23. The van der Waals surface area contributed by atoms with Gasteiger partial charge in [-0.2, -0.15) is 0 Å². The van der Waals surface area contributed by atoms with Crippen molar-refractivity contribution in [2.45, 2.75) is 12.8 Å². The van der Waals surface area contributed by atoms with Crippen molar-refractivity contribution in [3.05, 3.63) is 30.4 Å². The number of nitrogens with zero attached hydrogens (tertiary/aromatic N) is 2. The molecule has 3 rings (SSSR count). The Bertz CT molecular complexity index is 482. The fourth-order valence-electron chi connectivity index (χ4n) is 1.75. The van der Waals surface area contributed by atoms with Crippen LogP contribution in [0.25, 0.3) is 15.9 Å². The standard InChI is InChI=1S/C11H11N3S/c1-2-4-15-10(3-1)9-5-8-6-12-7-13-11(8)14-9/h3,5-7H,1-2,4H2,(H,12,13,14). The minimum Gasteiger partial charge on any atom is -0.339 e. The van der Waals surface area contributed by atoms with Gasteiger partial charge in [-0.15, -0.1) is 11.8 Å². The lowest BCUT2D eigenvalue weighted by Gasteiger charge is -2.09. The lowest BCUT2D eigenvalue weighted by molar-refractivity contribution is 0.968. The Morgan fingerprint density at radius 2 is 2.40 bits per heavy atom. The monoisotopic (exact) mass is 217 g/mol.